The highest BCUT2D eigenvalue weighted by Crippen LogP contribution is 2.06. The summed E-state index contributed by atoms with van der Waals surface area (Å²) in [7, 11) is 0. The van der Waals surface area contributed by atoms with Crippen LogP contribution in [0.4, 0.5) is 0 Å². The van der Waals surface area contributed by atoms with Gasteiger partial charge in [-0.2, -0.15) is 0 Å². The van der Waals surface area contributed by atoms with Gasteiger partial charge in [0.25, 0.3) is 0 Å². The van der Waals surface area contributed by atoms with Crippen molar-refractivity contribution in [3.05, 3.63) is 71.8 Å². The number of benzene rings is 2. The molecule has 0 aromatic heterocycles. The Morgan fingerprint density at radius 3 is 1.20 bits per heavy atom. The van der Waals surface area contributed by atoms with Crippen molar-refractivity contribution in [3.63, 3.8) is 0 Å². The van der Waals surface area contributed by atoms with Crippen LogP contribution in [0.15, 0.2) is 60.7 Å². The zero-order valence-corrected chi connectivity index (χ0v) is 8.51. The first-order chi connectivity index (χ1) is 6.95. The second-order valence-electron chi connectivity index (χ2n) is 3.15. The minimum atomic E-state index is 0. The average molecular weight is 191 g/mol. The summed E-state index contributed by atoms with van der Waals surface area (Å²) in [5.41, 5.74) is 2.47. The minimum Gasteiger partial charge on any atom is -0.0622 e. The van der Waals surface area contributed by atoms with Crippen molar-refractivity contribution in [1.29, 1.82) is 0 Å². The van der Waals surface area contributed by atoms with Crippen molar-refractivity contribution >= 4 is 20.6 Å². The fraction of sp³-hybridized carbons (Fsp3) is 0. The van der Waals surface area contributed by atoms with Crippen molar-refractivity contribution in [3.8, 4) is 0 Å². The Morgan fingerprint density at radius 2 is 0.867 bits per heavy atom. The molecular formula is C14H12B. The molecule has 1 heteroatoms. The predicted octanol–water partition coefficient (Wildman–Crippen LogP) is 3.48. The topological polar surface area (TPSA) is 0 Å². The van der Waals surface area contributed by atoms with E-state index in [0.29, 0.717) is 0 Å². The van der Waals surface area contributed by atoms with Gasteiger partial charge in [-0.15, -0.1) is 0 Å². The summed E-state index contributed by atoms with van der Waals surface area (Å²) in [6.07, 6.45) is 4.24. The van der Waals surface area contributed by atoms with Gasteiger partial charge in [0, 0.05) is 8.41 Å². The minimum absolute atomic E-state index is 0. The van der Waals surface area contributed by atoms with Crippen LogP contribution in [0, 0.1) is 0 Å². The molecule has 0 fully saturated rings. The zero-order chi connectivity index (χ0) is 9.64. The van der Waals surface area contributed by atoms with Crippen LogP contribution in [0.25, 0.3) is 12.2 Å². The lowest BCUT2D eigenvalue weighted by Crippen LogP contribution is -1.70. The van der Waals surface area contributed by atoms with Gasteiger partial charge in [-0.3, -0.25) is 0 Å². The Labute approximate surface area is 92.9 Å². The zero-order valence-electron chi connectivity index (χ0n) is 8.51. The van der Waals surface area contributed by atoms with Crippen LogP contribution in [-0.2, 0) is 0 Å². The second-order valence-corrected chi connectivity index (χ2v) is 3.15. The van der Waals surface area contributed by atoms with Crippen molar-refractivity contribution in [1.82, 2.24) is 0 Å². The summed E-state index contributed by atoms with van der Waals surface area (Å²) in [5, 5.41) is 0. The first kappa shape index (κ1) is 11.3. The molecule has 0 unspecified atom stereocenters. The molecule has 0 amide bonds. The number of rotatable bonds is 2. The lowest BCUT2D eigenvalue weighted by atomic mass is 10.1. The molecule has 0 aliphatic heterocycles. The summed E-state index contributed by atoms with van der Waals surface area (Å²) in [5.74, 6) is 0. The van der Waals surface area contributed by atoms with Gasteiger partial charge in [-0.1, -0.05) is 72.8 Å². The number of hydrogen-bond donors (Lipinski definition) is 0. The molecule has 0 nitrogen and oxygen atoms in total. The Morgan fingerprint density at radius 1 is 0.533 bits per heavy atom. The molecule has 0 aliphatic rings. The first-order valence-corrected chi connectivity index (χ1v) is 4.73. The SMILES string of the molecule is C(=Cc1ccccc1)c1ccccc1.[B]. The molecule has 2 aromatic rings. The van der Waals surface area contributed by atoms with Crippen LogP contribution in [0.3, 0.4) is 0 Å². The van der Waals surface area contributed by atoms with Crippen molar-refractivity contribution in [2.24, 2.45) is 0 Å². The molecule has 2 rings (SSSR count). The molecule has 0 heterocycles. The second kappa shape index (κ2) is 5.87. The van der Waals surface area contributed by atoms with Crippen molar-refractivity contribution < 1.29 is 0 Å². The highest BCUT2D eigenvalue weighted by molar-refractivity contribution is 5.75. The highest BCUT2D eigenvalue weighted by atomic mass is 13.9. The lowest BCUT2D eigenvalue weighted by Gasteiger charge is -1.92. The molecule has 2 aromatic carbocycles. The van der Waals surface area contributed by atoms with Crippen molar-refractivity contribution in [2.75, 3.05) is 0 Å². The largest absolute Gasteiger partial charge is 0.0622 e. The molecule has 0 spiro atoms. The van der Waals surface area contributed by atoms with E-state index in [4.69, 9.17) is 0 Å². The van der Waals surface area contributed by atoms with Gasteiger partial charge in [0.1, 0.15) is 0 Å². The summed E-state index contributed by atoms with van der Waals surface area (Å²) in [6.45, 7) is 0. The summed E-state index contributed by atoms with van der Waals surface area (Å²) >= 11 is 0. The summed E-state index contributed by atoms with van der Waals surface area (Å²) < 4.78 is 0. The van der Waals surface area contributed by atoms with E-state index in [0.717, 1.165) is 0 Å². The van der Waals surface area contributed by atoms with E-state index in [-0.39, 0.29) is 8.41 Å². The maximum absolute atomic E-state index is 2.12. The van der Waals surface area contributed by atoms with Crippen LogP contribution in [0.1, 0.15) is 11.1 Å². The van der Waals surface area contributed by atoms with Gasteiger partial charge in [0.15, 0.2) is 0 Å². The van der Waals surface area contributed by atoms with Crippen LogP contribution in [-0.4, -0.2) is 8.41 Å². The van der Waals surface area contributed by atoms with E-state index in [9.17, 15) is 0 Å². The van der Waals surface area contributed by atoms with Crippen LogP contribution in [0.2, 0.25) is 0 Å². The van der Waals surface area contributed by atoms with Crippen LogP contribution >= 0.6 is 0 Å². The van der Waals surface area contributed by atoms with E-state index in [1.165, 1.54) is 11.1 Å². The highest BCUT2D eigenvalue weighted by Gasteiger charge is 1.84. The maximum atomic E-state index is 2.12. The molecule has 71 valence electrons. The molecule has 0 saturated heterocycles. The monoisotopic (exact) mass is 191 g/mol. The molecule has 3 radical (unpaired) electrons. The third-order valence-electron chi connectivity index (χ3n) is 2.07. The third-order valence-corrected chi connectivity index (χ3v) is 2.07. The summed E-state index contributed by atoms with van der Waals surface area (Å²) in [4.78, 5) is 0. The molecule has 0 atom stereocenters. The fourth-order valence-corrected chi connectivity index (χ4v) is 1.32. The molecule has 0 aliphatic carbocycles. The van der Waals surface area contributed by atoms with Crippen LogP contribution < -0.4 is 0 Å². The van der Waals surface area contributed by atoms with Gasteiger partial charge in [0.05, 0.1) is 0 Å². The third kappa shape index (κ3) is 3.47. The first-order valence-electron chi connectivity index (χ1n) is 4.73. The molecular weight excluding hydrogens is 179 g/mol. The standard InChI is InChI=1S/C14H12.B/c1-3-7-13(8-4-1)11-12-14-9-5-2-6-10-14;/h1-12H;. The molecule has 0 saturated carbocycles. The van der Waals surface area contributed by atoms with Gasteiger partial charge >= 0.3 is 0 Å². The van der Waals surface area contributed by atoms with E-state index in [1.807, 2.05) is 36.4 Å². The van der Waals surface area contributed by atoms with Crippen molar-refractivity contribution in [2.45, 2.75) is 0 Å². The lowest BCUT2D eigenvalue weighted by molar-refractivity contribution is 1.65. The summed E-state index contributed by atoms with van der Waals surface area (Å²) in [6, 6.07) is 20.6. The predicted molar refractivity (Wildman–Crippen MR) is 67.6 cm³/mol. The average Bonchev–Trinajstić information content (AvgIpc) is 2.29. The van der Waals surface area contributed by atoms with Gasteiger partial charge in [-0.25, -0.2) is 0 Å². The van der Waals surface area contributed by atoms with E-state index >= 15 is 0 Å². The molecule has 0 bridgehead atoms. The Bertz CT molecular complexity index is 362. The van der Waals surface area contributed by atoms with Crippen LogP contribution in [0.5, 0.6) is 0 Å². The normalized spacial score (nSPS) is 9.87. The van der Waals surface area contributed by atoms with Gasteiger partial charge in [0.2, 0.25) is 0 Å². The van der Waals surface area contributed by atoms with E-state index in [1.54, 1.807) is 0 Å². The number of hydrogen-bond acceptors (Lipinski definition) is 0. The Hall–Kier alpha value is -1.76. The van der Waals surface area contributed by atoms with Gasteiger partial charge < -0.3 is 0 Å². The Kier molecular flexibility index (Phi) is 4.43. The maximum Gasteiger partial charge on any atom is 0 e. The van der Waals surface area contributed by atoms with E-state index < -0.39 is 0 Å². The van der Waals surface area contributed by atoms with Gasteiger partial charge in [-0.05, 0) is 11.1 Å². The molecule has 0 N–H and O–H groups in total. The quantitative estimate of drug-likeness (QED) is 0.503. The van der Waals surface area contributed by atoms with E-state index in [2.05, 4.69) is 36.4 Å². The fourth-order valence-electron chi connectivity index (χ4n) is 1.32. The smallest absolute Gasteiger partial charge is 0 e. The Balaban J connectivity index is 0.00000112. The molecule has 15 heavy (non-hydrogen) atoms.